The van der Waals surface area contributed by atoms with E-state index in [2.05, 4.69) is 15.6 Å². The van der Waals surface area contributed by atoms with E-state index in [-0.39, 0.29) is 5.82 Å². The number of aliphatic imine (C=N–C) groups is 1. The Labute approximate surface area is 170 Å². The third-order valence-electron chi connectivity index (χ3n) is 4.64. The SMILES string of the molecule is CN=C(NCCc1cccc(Cl)c1)NCc1ccc(N2CCOCC2)c(F)c1. The summed E-state index contributed by atoms with van der Waals surface area (Å²) in [6.07, 6.45) is 0.837. The van der Waals surface area contributed by atoms with Gasteiger partial charge >= 0.3 is 0 Å². The van der Waals surface area contributed by atoms with Crippen LogP contribution in [-0.2, 0) is 17.7 Å². The van der Waals surface area contributed by atoms with Crippen molar-refractivity contribution in [2.75, 3.05) is 44.8 Å². The summed E-state index contributed by atoms with van der Waals surface area (Å²) in [6, 6.07) is 13.2. The number of anilines is 1. The van der Waals surface area contributed by atoms with E-state index in [1.165, 1.54) is 0 Å². The second-order valence-corrected chi connectivity index (χ2v) is 7.05. The van der Waals surface area contributed by atoms with E-state index < -0.39 is 0 Å². The quantitative estimate of drug-likeness (QED) is 0.573. The van der Waals surface area contributed by atoms with Gasteiger partial charge in [-0.25, -0.2) is 4.39 Å². The van der Waals surface area contributed by atoms with Gasteiger partial charge in [0.05, 0.1) is 18.9 Å². The molecule has 2 aromatic rings. The molecule has 5 nitrogen and oxygen atoms in total. The molecular weight excluding hydrogens is 379 g/mol. The van der Waals surface area contributed by atoms with Crippen LogP contribution in [0.2, 0.25) is 5.02 Å². The van der Waals surface area contributed by atoms with Crippen LogP contribution in [0.4, 0.5) is 10.1 Å². The maximum atomic E-state index is 14.5. The molecule has 3 rings (SSSR count). The zero-order valence-corrected chi connectivity index (χ0v) is 16.8. The minimum absolute atomic E-state index is 0.204. The van der Waals surface area contributed by atoms with E-state index in [1.807, 2.05) is 41.3 Å². The lowest BCUT2D eigenvalue weighted by atomic mass is 10.1. The summed E-state index contributed by atoms with van der Waals surface area (Å²) in [6.45, 7) is 3.94. The Hall–Kier alpha value is -2.31. The molecular formula is C21H26ClFN4O. The van der Waals surface area contributed by atoms with Gasteiger partial charge in [-0.15, -0.1) is 0 Å². The van der Waals surface area contributed by atoms with Crippen LogP contribution in [0.15, 0.2) is 47.5 Å². The van der Waals surface area contributed by atoms with Crippen molar-refractivity contribution < 1.29 is 9.13 Å². The highest BCUT2D eigenvalue weighted by atomic mass is 35.5. The van der Waals surface area contributed by atoms with Crippen LogP contribution >= 0.6 is 11.6 Å². The average Bonchev–Trinajstić information content (AvgIpc) is 2.71. The van der Waals surface area contributed by atoms with Gasteiger partial charge in [-0.05, 0) is 41.8 Å². The molecule has 0 amide bonds. The predicted octanol–water partition coefficient (Wildman–Crippen LogP) is 3.22. The molecule has 0 spiro atoms. The van der Waals surface area contributed by atoms with E-state index in [9.17, 15) is 4.39 Å². The molecule has 0 atom stereocenters. The van der Waals surface area contributed by atoms with Gasteiger partial charge in [-0.1, -0.05) is 29.8 Å². The monoisotopic (exact) mass is 404 g/mol. The zero-order valence-electron chi connectivity index (χ0n) is 16.0. The van der Waals surface area contributed by atoms with Gasteiger partial charge in [0.15, 0.2) is 5.96 Å². The third kappa shape index (κ3) is 5.84. The van der Waals surface area contributed by atoms with Gasteiger partial charge in [0.2, 0.25) is 0 Å². The van der Waals surface area contributed by atoms with Crippen LogP contribution in [0.3, 0.4) is 0 Å². The van der Waals surface area contributed by atoms with E-state index in [0.717, 1.165) is 42.2 Å². The van der Waals surface area contributed by atoms with Crippen molar-refractivity contribution in [2.45, 2.75) is 13.0 Å². The fraction of sp³-hybridized carbons (Fsp3) is 0.381. The number of hydrogen-bond acceptors (Lipinski definition) is 3. The smallest absolute Gasteiger partial charge is 0.191 e. The number of halogens is 2. The van der Waals surface area contributed by atoms with Gasteiger partial charge in [0.1, 0.15) is 5.82 Å². The molecule has 1 heterocycles. The minimum Gasteiger partial charge on any atom is -0.378 e. The summed E-state index contributed by atoms with van der Waals surface area (Å²) in [5.74, 6) is 0.477. The van der Waals surface area contributed by atoms with Crippen molar-refractivity contribution in [3.8, 4) is 0 Å². The highest BCUT2D eigenvalue weighted by Crippen LogP contribution is 2.21. The molecule has 0 aliphatic carbocycles. The molecule has 1 aliphatic heterocycles. The Kier molecular flexibility index (Phi) is 7.51. The number of morpholine rings is 1. The first-order valence-electron chi connectivity index (χ1n) is 9.46. The van der Waals surface area contributed by atoms with Gasteiger partial charge in [0.25, 0.3) is 0 Å². The number of benzene rings is 2. The molecule has 1 fully saturated rings. The van der Waals surface area contributed by atoms with Crippen molar-refractivity contribution in [1.82, 2.24) is 10.6 Å². The third-order valence-corrected chi connectivity index (χ3v) is 4.88. The van der Waals surface area contributed by atoms with Crippen molar-refractivity contribution in [3.05, 3.63) is 64.4 Å². The molecule has 1 saturated heterocycles. The highest BCUT2D eigenvalue weighted by Gasteiger charge is 2.15. The Bertz CT molecular complexity index is 809. The molecule has 28 heavy (non-hydrogen) atoms. The van der Waals surface area contributed by atoms with Crippen LogP contribution in [-0.4, -0.2) is 45.9 Å². The number of ether oxygens (including phenoxy) is 1. The molecule has 1 aliphatic rings. The second kappa shape index (κ2) is 10.3. The van der Waals surface area contributed by atoms with Gasteiger partial charge in [-0.2, -0.15) is 0 Å². The van der Waals surface area contributed by atoms with Crippen molar-refractivity contribution >= 4 is 23.2 Å². The largest absolute Gasteiger partial charge is 0.378 e. The molecule has 0 unspecified atom stereocenters. The first-order valence-corrected chi connectivity index (χ1v) is 9.83. The second-order valence-electron chi connectivity index (χ2n) is 6.62. The molecule has 0 aromatic heterocycles. The fourth-order valence-corrected chi connectivity index (χ4v) is 3.36. The Morgan fingerprint density at radius 2 is 1.96 bits per heavy atom. The average molecular weight is 405 g/mol. The number of nitrogens with zero attached hydrogens (tertiary/aromatic N) is 2. The number of guanidine groups is 1. The van der Waals surface area contributed by atoms with Gasteiger partial charge < -0.3 is 20.3 Å². The Morgan fingerprint density at radius 1 is 1.14 bits per heavy atom. The minimum atomic E-state index is -0.204. The van der Waals surface area contributed by atoms with Crippen LogP contribution in [0, 0.1) is 5.82 Å². The Morgan fingerprint density at radius 3 is 2.68 bits per heavy atom. The summed E-state index contributed by atoms with van der Waals surface area (Å²) in [5, 5.41) is 7.23. The standard InChI is InChI=1S/C21H26ClFN4O/c1-24-21(25-8-7-16-3-2-4-18(22)13-16)26-15-17-5-6-20(19(23)14-17)27-9-11-28-12-10-27/h2-6,13-14H,7-12,15H2,1H3,(H2,24,25,26). The summed E-state index contributed by atoms with van der Waals surface area (Å²) >= 11 is 6.01. The molecule has 0 bridgehead atoms. The summed E-state index contributed by atoms with van der Waals surface area (Å²) in [5.41, 5.74) is 2.67. The fourth-order valence-electron chi connectivity index (χ4n) is 3.15. The maximum absolute atomic E-state index is 14.5. The Balaban J connectivity index is 1.48. The van der Waals surface area contributed by atoms with E-state index in [1.54, 1.807) is 13.1 Å². The van der Waals surface area contributed by atoms with E-state index >= 15 is 0 Å². The van der Waals surface area contributed by atoms with Crippen LogP contribution in [0.25, 0.3) is 0 Å². The van der Waals surface area contributed by atoms with Crippen LogP contribution < -0.4 is 15.5 Å². The molecule has 2 N–H and O–H groups in total. The number of hydrogen-bond donors (Lipinski definition) is 2. The highest BCUT2D eigenvalue weighted by molar-refractivity contribution is 6.30. The molecule has 0 saturated carbocycles. The number of nitrogens with one attached hydrogen (secondary N) is 2. The van der Waals surface area contributed by atoms with E-state index in [0.29, 0.717) is 31.4 Å². The summed E-state index contributed by atoms with van der Waals surface area (Å²) in [7, 11) is 1.72. The summed E-state index contributed by atoms with van der Waals surface area (Å²) < 4.78 is 19.8. The summed E-state index contributed by atoms with van der Waals surface area (Å²) in [4.78, 5) is 6.24. The maximum Gasteiger partial charge on any atom is 0.191 e. The molecule has 2 aromatic carbocycles. The van der Waals surface area contributed by atoms with Crippen LogP contribution in [0.1, 0.15) is 11.1 Å². The molecule has 7 heteroatoms. The number of rotatable bonds is 6. The first-order chi connectivity index (χ1) is 13.7. The van der Waals surface area contributed by atoms with Crippen molar-refractivity contribution in [1.29, 1.82) is 0 Å². The first kappa shape index (κ1) is 20.4. The zero-order chi connectivity index (χ0) is 19.8. The lowest BCUT2D eigenvalue weighted by Gasteiger charge is -2.29. The van der Waals surface area contributed by atoms with Gasteiger partial charge in [0, 0.05) is 38.2 Å². The molecule has 150 valence electrons. The topological polar surface area (TPSA) is 48.9 Å². The van der Waals surface area contributed by atoms with Crippen LogP contribution in [0.5, 0.6) is 0 Å². The van der Waals surface area contributed by atoms with Gasteiger partial charge in [-0.3, -0.25) is 4.99 Å². The molecule has 0 radical (unpaired) electrons. The lowest BCUT2D eigenvalue weighted by molar-refractivity contribution is 0.122. The van der Waals surface area contributed by atoms with Crippen molar-refractivity contribution in [3.63, 3.8) is 0 Å². The normalized spacial score (nSPS) is 14.8. The van der Waals surface area contributed by atoms with Crippen molar-refractivity contribution in [2.24, 2.45) is 4.99 Å². The lowest BCUT2D eigenvalue weighted by Crippen LogP contribution is -2.38. The predicted molar refractivity (Wildman–Crippen MR) is 113 cm³/mol. The van der Waals surface area contributed by atoms with E-state index in [4.69, 9.17) is 16.3 Å².